The Bertz CT molecular complexity index is 1200. The number of carbonyl (C=O) groups excluding carboxylic acids is 2. The van der Waals surface area contributed by atoms with Gasteiger partial charge in [-0.3, -0.25) is 14.3 Å². The van der Waals surface area contributed by atoms with E-state index in [-0.39, 0.29) is 29.6 Å². The molecule has 0 bridgehead atoms. The van der Waals surface area contributed by atoms with E-state index in [1.54, 1.807) is 12.1 Å². The first-order valence-corrected chi connectivity index (χ1v) is 15.0. The van der Waals surface area contributed by atoms with Gasteiger partial charge in [0.25, 0.3) is 5.91 Å². The number of halogens is 1. The first kappa shape index (κ1) is 26.5. The summed E-state index contributed by atoms with van der Waals surface area (Å²) in [5.41, 5.74) is 3.51. The van der Waals surface area contributed by atoms with Gasteiger partial charge in [0, 0.05) is 44.3 Å². The van der Waals surface area contributed by atoms with Gasteiger partial charge < -0.3 is 15.1 Å². The lowest BCUT2D eigenvalue weighted by molar-refractivity contribution is -0.125. The molecular weight excluding hydrogens is 493 g/mol. The highest BCUT2D eigenvalue weighted by molar-refractivity contribution is 5.96. The molecule has 1 aromatic carbocycles. The third-order valence-corrected chi connectivity index (χ3v) is 9.84. The summed E-state index contributed by atoms with van der Waals surface area (Å²) in [6.45, 7) is 8.36. The van der Waals surface area contributed by atoms with E-state index in [4.69, 9.17) is 5.10 Å². The Kier molecular flexibility index (Phi) is 7.49. The molecule has 210 valence electrons. The molecule has 1 N–H and O–H groups in total. The van der Waals surface area contributed by atoms with Crippen molar-refractivity contribution in [3.05, 3.63) is 52.6 Å². The zero-order valence-electron chi connectivity index (χ0n) is 23.4. The summed E-state index contributed by atoms with van der Waals surface area (Å²) in [5, 5.41) is 7.99. The van der Waals surface area contributed by atoms with Crippen LogP contribution in [0.15, 0.2) is 24.3 Å². The second-order valence-corrected chi connectivity index (χ2v) is 12.5. The predicted octanol–water partition coefficient (Wildman–Crippen LogP) is 4.81. The molecule has 2 saturated carbocycles. The molecule has 3 heterocycles. The van der Waals surface area contributed by atoms with E-state index in [0.29, 0.717) is 17.9 Å². The van der Waals surface area contributed by atoms with Crippen LogP contribution in [0.3, 0.4) is 0 Å². The minimum atomic E-state index is -0.267. The van der Waals surface area contributed by atoms with Crippen LogP contribution in [0, 0.1) is 37.4 Å². The van der Waals surface area contributed by atoms with Crippen LogP contribution in [-0.4, -0.2) is 64.1 Å². The van der Waals surface area contributed by atoms with Crippen molar-refractivity contribution < 1.29 is 14.0 Å². The Morgan fingerprint density at radius 3 is 2.38 bits per heavy atom. The molecule has 0 radical (unpaired) electrons. The predicted molar refractivity (Wildman–Crippen MR) is 148 cm³/mol. The monoisotopic (exact) mass is 535 g/mol. The third kappa shape index (κ3) is 5.37. The summed E-state index contributed by atoms with van der Waals surface area (Å²) in [7, 11) is 0. The lowest BCUT2D eigenvalue weighted by Gasteiger charge is -2.27. The summed E-state index contributed by atoms with van der Waals surface area (Å²) >= 11 is 0. The van der Waals surface area contributed by atoms with Gasteiger partial charge in [0.05, 0.1) is 23.3 Å². The normalized spacial score (nSPS) is 24.6. The Hall–Kier alpha value is -2.74. The summed E-state index contributed by atoms with van der Waals surface area (Å²) < 4.78 is 16.1. The largest absolute Gasteiger partial charge is 0.349 e. The molecule has 6 rings (SSSR count). The first-order chi connectivity index (χ1) is 18.9. The van der Waals surface area contributed by atoms with Crippen LogP contribution in [-0.2, 0) is 4.79 Å². The molecule has 2 aliphatic carbocycles. The highest BCUT2D eigenvalue weighted by atomic mass is 19.1. The molecule has 39 heavy (non-hydrogen) atoms. The average Bonchev–Trinajstić information content (AvgIpc) is 3.65. The molecule has 3 atom stereocenters. The molecule has 2 amide bonds. The van der Waals surface area contributed by atoms with Gasteiger partial charge in [-0.2, -0.15) is 5.10 Å². The summed E-state index contributed by atoms with van der Waals surface area (Å²) in [6, 6.07) is 6.92. The van der Waals surface area contributed by atoms with E-state index in [1.807, 2.05) is 24.8 Å². The van der Waals surface area contributed by atoms with E-state index >= 15 is 0 Å². The van der Waals surface area contributed by atoms with Gasteiger partial charge in [0.15, 0.2) is 0 Å². The summed E-state index contributed by atoms with van der Waals surface area (Å²) in [4.78, 5) is 31.0. The maximum atomic E-state index is 14.0. The number of likely N-dealkylation sites (tertiary alicyclic amines) is 2. The SMILES string of the molecule is Cc1nn(C2CCC2)c(C)c1C(=O)N1CC2CN(CCC(NC(=O)C3CCCC3)c3cccc(F)c3)C[C@H]2C1. The lowest BCUT2D eigenvalue weighted by Crippen LogP contribution is -2.37. The van der Waals surface area contributed by atoms with Crippen molar-refractivity contribution in [2.45, 2.75) is 77.3 Å². The van der Waals surface area contributed by atoms with Crippen LogP contribution in [0.1, 0.15) is 90.8 Å². The van der Waals surface area contributed by atoms with Crippen molar-refractivity contribution in [2.24, 2.45) is 17.8 Å². The van der Waals surface area contributed by atoms with E-state index in [1.165, 1.54) is 12.5 Å². The summed E-state index contributed by atoms with van der Waals surface area (Å²) in [6.07, 6.45) is 8.44. The van der Waals surface area contributed by atoms with Gasteiger partial charge in [0.2, 0.25) is 5.91 Å². The smallest absolute Gasteiger partial charge is 0.257 e. The van der Waals surface area contributed by atoms with E-state index in [9.17, 15) is 14.0 Å². The van der Waals surface area contributed by atoms with Gasteiger partial charge in [0.1, 0.15) is 5.82 Å². The Morgan fingerprint density at radius 2 is 1.74 bits per heavy atom. The van der Waals surface area contributed by atoms with E-state index < -0.39 is 0 Å². The van der Waals surface area contributed by atoms with Crippen LogP contribution in [0.25, 0.3) is 0 Å². The second-order valence-electron chi connectivity index (χ2n) is 12.5. The number of amides is 2. The number of nitrogens with zero attached hydrogens (tertiary/aromatic N) is 4. The number of aryl methyl sites for hydroxylation is 1. The molecule has 4 aliphatic rings. The zero-order chi connectivity index (χ0) is 27.1. The fourth-order valence-corrected chi connectivity index (χ4v) is 7.39. The van der Waals surface area contributed by atoms with Gasteiger partial charge in [-0.05, 0) is 81.9 Å². The minimum Gasteiger partial charge on any atom is -0.349 e. The fourth-order valence-electron chi connectivity index (χ4n) is 7.39. The maximum absolute atomic E-state index is 14.0. The number of aromatic nitrogens is 2. The molecule has 2 aromatic rings. The Balaban J connectivity index is 1.05. The van der Waals surface area contributed by atoms with Crippen LogP contribution >= 0.6 is 0 Å². The minimum absolute atomic E-state index is 0.0869. The standard InChI is InChI=1S/C31H42FN5O2/c1-20-29(21(2)37(34-20)27-11-6-12-27)31(39)36-18-24-16-35(17-25(24)19-36)14-13-28(23-9-5-10-26(32)15-23)33-30(38)22-7-3-4-8-22/h5,9-10,15,22,24-25,27-28H,3-4,6-8,11-14,16-19H2,1-2H3,(H,33,38)/t24-,25?,28?/m0/s1. The number of hydrogen-bond acceptors (Lipinski definition) is 4. The quantitative estimate of drug-likeness (QED) is 0.527. The first-order valence-electron chi connectivity index (χ1n) is 15.0. The molecule has 2 aliphatic heterocycles. The molecule has 2 unspecified atom stereocenters. The van der Waals surface area contributed by atoms with Crippen molar-refractivity contribution in [2.75, 3.05) is 32.7 Å². The topological polar surface area (TPSA) is 70.5 Å². The fraction of sp³-hybridized carbons (Fsp3) is 0.645. The number of benzene rings is 1. The average molecular weight is 536 g/mol. The Morgan fingerprint density at radius 1 is 1.03 bits per heavy atom. The van der Waals surface area contributed by atoms with Crippen LogP contribution in [0.5, 0.6) is 0 Å². The van der Waals surface area contributed by atoms with Crippen molar-refractivity contribution in [1.29, 1.82) is 0 Å². The Labute approximate surface area is 231 Å². The number of nitrogens with one attached hydrogen (secondary N) is 1. The third-order valence-electron chi connectivity index (χ3n) is 9.84. The highest BCUT2D eigenvalue weighted by Crippen LogP contribution is 2.36. The van der Waals surface area contributed by atoms with Gasteiger partial charge >= 0.3 is 0 Å². The van der Waals surface area contributed by atoms with Crippen molar-refractivity contribution in [1.82, 2.24) is 24.9 Å². The highest BCUT2D eigenvalue weighted by Gasteiger charge is 2.42. The van der Waals surface area contributed by atoms with E-state index in [0.717, 1.165) is 100 Å². The lowest BCUT2D eigenvalue weighted by atomic mass is 9.93. The van der Waals surface area contributed by atoms with Crippen molar-refractivity contribution in [3.8, 4) is 0 Å². The molecule has 2 saturated heterocycles. The number of rotatable bonds is 8. The number of carbonyl (C=O) groups is 2. The van der Waals surface area contributed by atoms with Crippen LogP contribution in [0.4, 0.5) is 4.39 Å². The van der Waals surface area contributed by atoms with Crippen LogP contribution < -0.4 is 5.32 Å². The molecular formula is C31H42FN5O2. The van der Waals surface area contributed by atoms with Gasteiger partial charge in [-0.15, -0.1) is 0 Å². The zero-order valence-corrected chi connectivity index (χ0v) is 23.4. The van der Waals surface area contributed by atoms with Crippen molar-refractivity contribution >= 4 is 11.8 Å². The van der Waals surface area contributed by atoms with Gasteiger partial charge in [-0.1, -0.05) is 25.0 Å². The number of hydrogen-bond donors (Lipinski definition) is 1. The molecule has 7 nitrogen and oxygen atoms in total. The maximum Gasteiger partial charge on any atom is 0.257 e. The molecule has 8 heteroatoms. The van der Waals surface area contributed by atoms with Gasteiger partial charge in [-0.25, -0.2) is 4.39 Å². The second kappa shape index (κ2) is 11.0. The summed E-state index contributed by atoms with van der Waals surface area (Å²) in [5.74, 6) is 1.01. The molecule has 0 spiro atoms. The molecule has 4 fully saturated rings. The molecule has 1 aromatic heterocycles. The van der Waals surface area contributed by atoms with Crippen molar-refractivity contribution in [3.63, 3.8) is 0 Å². The van der Waals surface area contributed by atoms with E-state index in [2.05, 4.69) is 14.9 Å². The number of fused-ring (bicyclic) bond motifs is 1. The van der Waals surface area contributed by atoms with Crippen LogP contribution in [0.2, 0.25) is 0 Å².